The predicted molar refractivity (Wildman–Crippen MR) is 111 cm³/mol. The lowest BCUT2D eigenvalue weighted by atomic mass is 10.1. The molecule has 0 unspecified atom stereocenters. The molecule has 4 nitrogen and oxygen atoms in total. The van der Waals surface area contributed by atoms with Crippen LogP contribution in [0.25, 0.3) is 10.8 Å². The number of para-hydroxylation sites is 1. The molecule has 0 amide bonds. The molecule has 4 heteroatoms. The average molecular weight is 350 g/mol. The molecule has 1 aliphatic rings. The summed E-state index contributed by atoms with van der Waals surface area (Å²) in [5.74, 6) is 0.812. The lowest BCUT2D eigenvalue weighted by Crippen LogP contribution is -2.44. The first-order chi connectivity index (χ1) is 13.4. The number of hydrogen-bond acceptors (Lipinski definition) is 4. The number of hydrazone groups is 1. The zero-order valence-corrected chi connectivity index (χ0v) is 14.7. The Labute approximate surface area is 157 Å². The van der Waals surface area contributed by atoms with Gasteiger partial charge in [-0.05, 0) is 23.6 Å². The number of hydrazine groups is 2. The Morgan fingerprint density at radius 2 is 1.30 bits per heavy atom. The van der Waals surface area contributed by atoms with Crippen molar-refractivity contribution in [1.29, 1.82) is 0 Å². The number of rotatable bonds is 3. The highest BCUT2D eigenvalue weighted by molar-refractivity contribution is 6.04. The maximum atomic E-state index is 4.86. The Balaban J connectivity index is 1.64. The van der Waals surface area contributed by atoms with Gasteiger partial charge in [0, 0.05) is 10.9 Å². The number of benzene rings is 4. The Kier molecular flexibility index (Phi) is 3.72. The van der Waals surface area contributed by atoms with E-state index >= 15 is 0 Å². The molecule has 4 aromatic carbocycles. The third-order valence-corrected chi connectivity index (χ3v) is 4.63. The molecule has 0 spiro atoms. The van der Waals surface area contributed by atoms with E-state index in [0.717, 1.165) is 28.2 Å². The molecule has 1 heterocycles. The van der Waals surface area contributed by atoms with Crippen molar-refractivity contribution in [1.82, 2.24) is 5.43 Å². The van der Waals surface area contributed by atoms with E-state index in [9.17, 15) is 0 Å². The Morgan fingerprint density at radius 3 is 2.11 bits per heavy atom. The minimum Gasteiger partial charge on any atom is -0.259 e. The number of anilines is 2. The molecule has 0 aliphatic carbocycles. The number of hydrogen-bond donors (Lipinski definition) is 1. The zero-order valence-electron chi connectivity index (χ0n) is 14.7. The highest BCUT2D eigenvalue weighted by Crippen LogP contribution is 2.31. The van der Waals surface area contributed by atoms with Gasteiger partial charge in [-0.2, -0.15) is 10.2 Å². The highest BCUT2D eigenvalue weighted by atomic mass is 15.9. The van der Waals surface area contributed by atoms with E-state index in [1.807, 2.05) is 46.6 Å². The largest absolute Gasteiger partial charge is 0.259 e. The van der Waals surface area contributed by atoms with Crippen LogP contribution < -0.4 is 15.7 Å². The molecule has 1 aliphatic heterocycles. The fraction of sp³-hybridized carbons (Fsp3) is 0. The predicted octanol–water partition coefficient (Wildman–Crippen LogP) is 4.95. The van der Waals surface area contributed by atoms with Gasteiger partial charge in [0.1, 0.15) is 0 Å². The van der Waals surface area contributed by atoms with Crippen LogP contribution in [-0.4, -0.2) is 5.84 Å². The van der Waals surface area contributed by atoms with Crippen molar-refractivity contribution in [2.75, 3.05) is 10.2 Å². The van der Waals surface area contributed by atoms with Crippen LogP contribution in [0.5, 0.6) is 0 Å². The van der Waals surface area contributed by atoms with Crippen LogP contribution in [0, 0.1) is 0 Å². The first-order valence-electron chi connectivity index (χ1n) is 8.94. The summed E-state index contributed by atoms with van der Waals surface area (Å²) in [7, 11) is 0. The quantitative estimate of drug-likeness (QED) is 0.567. The molecule has 0 atom stereocenters. The van der Waals surface area contributed by atoms with Gasteiger partial charge in [0.2, 0.25) is 0 Å². The third kappa shape index (κ3) is 2.77. The molecule has 5 rings (SSSR count). The summed E-state index contributed by atoms with van der Waals surface area (Å²) < 4.78 is 0. The summed E-state index contributed by atoms with van der Waals surface area (Å²) in [4.78, 5) is 0. The van der Waals surface area contributed by atoms with E-state index < -0.39 is 0 Å². The summed E-state index contributed by atoms with van der Waals surface area (Å²) in [6, 6.07) is 35.0. The number of amidine groups is 1. The van der Waals surface area contributed by atoms with Gasteiger partial charge in [-0.3, -0.25) is 5.43 Å². The van der Waals surface area contributed by atoms with Crippen LogP contribution >= 0.6 is 0 Å². The molecule has 0 saturated heterocycles. The first kappa shape index (κ1) is 15.5. The van der Waals surface area contributed by atoms with E-state index in [1.54, 1.807) is 0 Å². The van der Waals surface area contributed by atoms with E-state index in [1.165, 1.54) is 5.39 Å². The van der Waals surface area contributed by atoms with Gasteiger partial charge in [0.15, 0.2) is 5.84 Å². The van der Waals surface area contributed by atoms with Crippen molar-refractivity contribution in [2.45, 2.75) is 0 Å². The van der Waals surface area contributed by atoms with Crippen molar-refractivity contribution in [3.05, 3.63) is 109 Å². The first-order valence-corrected chi connectivity index (χ1v) is 8.94. The smallest absolute Gasteiger partial charge is 0.176 e. The topological polar surface area (TPSA) is 30.9 Å². The van der Waals surface area contributed by atoms with Gasteiger partial charge in [0.05, 0.1) is 11.4 Å². The molecule has 130 valence electrons. The molecule has 0 saturated carbocycles. The van der Waals surface area contributed by atoms with Crippen LogP contribution in [0.4, 0.5) is 11.4 Å². The molecular formula is C23H18N4. The van der Waals surface area contributed by atoms with E-state index in [4.69, 9.17) is 5.10 Å². The molecule has 0 radical (unpaired) electrons. The SMILES string of the molecule is c1ccc(C2=NN(c3ccccc3)N(c3cccc4ccccc34)N2)cc1. The summed E-state index contributed by atoms with van der Waals surface area (Å²) in [5, 5.41) is 11.1. The van der Waals surface area contributed by atoms with Crippen molar-refractivity contribution in [3.63, 3.8) is 0 Å². The Bertz CT molecular complexity index is 1100. The fourth-order valence-electron chi connectivity index (χ4n) is 3.32. The molecule has 27 heavy (non-hydrogen) atoms. The molecular weight excluding hydrogens is 332 g/mol. The number of nitrogens with zero attached hydrogens (tertiary/aromatic N) is 3. The van der Waals surface area contributed by atoms with Crippen molar-refractivity contribution in [3.8, 4) is 0 Å². The molecule has 0 fully saturated rings. The molecule has 1 N–H and O–H groups in total. The molecule has 0 bridgehead atoms. The summed E-state index contributed by atoms with van der Waals surface area (Å²) in [5.41, 5.74) is 6.55. The van der Waals surface area contributed by atoms with Crippen molar-refractivity contribution >= 4 is 28.0 Å². The fourth-order valence-corrected chi connectivity index (χ4v) is 3.32. The van der Waals surface area contributed by atoms with Gasteiger partial charge in [-0.15, -0.1) is 5.10 Å². The maximum Gasteiger partial charge on any atom is 0.176 e. The van der Waals surface area contributed by atoms with Crippen LogP contribution in [-0.2, 0) is 0 Å². The van der Waals surface area contributed by atoms with E-state index in [-0.39, 0.29) is 0 Å². The van der Waals surface area contributed by atoms with Crippen molar-refractivity contribution in [2.24, 2.45) is 5.10 Å². The standard InChI is InChI=1S/C23H18N4/c1-3-11-19(12-4-1)23-24-26(20-14-5-2-6-15-20)27(25-23)22-17-9-13-18-10-7-8-16-21(18)22/h1-17H,(H,24,25). The number of nitrogens with one attached hydrogen (secondary N) is 1. The minimum absolute atomic E-state index is 0.812. The lowest BCUT2D eigenvalue weighted by Gasteiger charge is -2.28. The average Bonchev–Trinajstić information content (AvgIpc) is 3.20. The van der Waals surface area contributed by atoms with Gasteiger partial charge in [-0.1, -0.05) is 84.9 Å². The Morgan fingerprint density at radius 1 is 0.630 bits per heavy atom. The zero-order chi connectivity index (χ0) is 18.1. The van der Waals surface area contributed by atoms with Gasteiger partial charge in [-0.25, -0.2) is 0 Å². The van der Waals surface area contributed by atoms with E-state index in [0.29, 0.717) is 0 Å². The summed E-state index contributed by atoms with van der Waals surface area (Å²) in [6.07, 6.45) is 0. The summed E-state index contributed by atoms with van der Waals surface area (Å²) >= 11 is 0. The van der Waals surface area contributed by atoms with Crippen LogP contribution in [0.2, 0.25) is 0 Å². The van der Waals surface area contributed by atoms with Gasteiger partial charge >= 0.3 is 0 Å². The molecule has 4 aromatic rings. The van der Waals surface area contributed by atoms with Crippen LogP contribution in [0.15, 0.2) is 108 Å². The highest BCUT2D eigenvalue weighted by Gasteiger charge is 2.27. The summed E-state index contributed by atoms with van der Waals surface area (Å²) in [6.45, 7) is 0. The Hall–Kier alpha value is -3.79. The second-order valence-corrected chi connectivity index (χ2v) is 6.36. The van der Waals surface area contributed by atoms with Crippen molar-refractivity contribution < 1.29 is 0 Å². The second kappa shape index (κ2) is 6.50. The second-order valence-electron chi connectivity index (χ2n) is 6.36. The minimum atomic E-state index is 0.812. The van der Waals surface area contributed by atoms with Crippen LogP contribution in [0.1, 0.15) is 5.56 Å². The van der Waals surface area contributed by atoms with E-state index in [2.05, 4.69) is 72.2 Å². The van der Waals surface area contributed by atoms with Crippen LogP contribution in [0.3, 0.4) is 0 Å². The lowest BCUT2D eigenvalue weighted by molar-refractivity contribution is 0.774. The van der Waals surface area contributed by atoms with Gasteiger partial charge in [0.25, 0.3) is 0 Å². The molecule has 0 aromatic heterocycles. The number of fused-ring (bicyclic) bond motifs is 1. The maximum absolute atomic E-state index is 4.86. The third-order valence-electron chi connectivity index (χ3n) is 4.63. The monoisotopic (exact) mass is 350 g/mol. The normalized spacial score (nSPS) is 13.6. The van der Waals surface area contributed by atoms with Gasteiger partial charge < -0.3 is 0 Å².